The molecule has 0 fully saturated rings. The molecule has 0 N–H and O–H groups in total. The molecule has 0 atom stereocenters. The lowest BCUT2D eigenvalue weighted by atomic mass is 10.1. The van der Waals surface area contributed by atoms with Gasteiger partial charge >= 0.3 is 5.97 Å². The third-order valence-electron chi connectivity index (χ3n) is 1.71. The first-order chi connectivity index (χ1) is 6.74. The Bertz CT molecular complexity index is 317. The predicted octanol–water partition coefficient (Wildman–Crippen LogP) is 1.89. The first-order valence-corrected chi connectivity index (χ1v) is 4.20. The van der Waals surface area contributed by atoms with E-state index in [0.29, 0.717) is 12.0 Å². The van der Waals surface area contributed by atoms with Crippen molar-refractivity contribution in [2.45, 2.75) is 6.42 Å². The average molecular weight is 192 g/mol. The lowest BCUT2D eigenvalue weighted by Crippen LogP contribution is -2.08. The molecule has 0 aliphatic carbocycles. The molecular weight excluding hydrogens is 180 g/mol. The molecular formula is C11H12O3. The van der Waals surface area contributed by atoms with Gasteiger partial charge in [0.15, 0.2) is 0 Å². The number of carbonyl (C=O) groups is 1. The molecule has 1 aromatic carbocycles. The van der Waals surface area contributed by atoms with E-state index in [1.54, 1.807) is 0 Å². The normalized spacial score (nSPS) is 9.50. The van der Waals surface area contributed by atoms with E-state index >= 15 is 0 Å². The SMILES string of the molecule is C=C(Cc1ccccc1)C(=O)OOC. The predicted molar refractivity (Wildman–Crippen MR) is 52.4 cm³/mol. The van der Waals surface area contributed by atoms with Crippen LogP contribution in [-0.2, 0) is 21.0 Å². The molecule has 3 heteroatoms. The summed E-state index contributed by atoms with van der Waals surface area (Å²) in [6.45, 7) is 3.61. The highest BCUT2D eigenvalue weighted by Crippen LogP contribution is 2.07. The molecule has 0 aromatic heterocycles. The lowest BCUT2D eigenvalue weighted by Gasteiger charge is -2.03. The van der Waals surface area contributed by atoms with Crippen molar-refractivity contribution in [3.63, 3.8) is 0 Å². The van der Waals surface area contributed by atoms with Crippen molar-refractivity contribution in [2.24, 2.45) is 0 Å². The fourth-order valence-corrected chi connectivity index (χ4v) is 1.05. The maximum atomic E-state index is 11.1. The number of carbonyl (C=O) groups excluding carboxylic acids is 1. The first-order valence-electron chi connectivity index (χ1n) is 4.20. The van der Waals surface area contributed by atoms with E-state index in [4.69, 9.17) is 0 Å². The molecule has 0 spiro atoms. The summed E-state index contributed by atoms with van der Waals surface area (Å²) in [4.78, 5) is 19.7. The summed E-state index contributed by atoms with van der Waals surface area (Å²) >= 11 is 0. The summed E-state index contributed by atoms with van der Waals surface area (Å²) in [5.41, 5.74) is 1.39. The second kappa shape index (κ2) is 5.19. The van der Waals surface area contributed by atoms with Crippen molar-refractivity contribution in [1.29, 1.82) is 0 Å². The van der Waals surface area contributed by atoms with E-state index in [1.807, 2.05) is 30.3 Å². The van der Waals surface area contributed by atoms with Gasteiger partial charge in [-0.1, -0.05) is 36.9 Å². The van der Waals surface area contributed by atoms with E-state index in [2.05, 4.69) is 16.4 Å². The van der Waals surface area contributed by atoms with Gasteiger partial charge in [0, 0.05) is 12.0 Å². The van der Waals surface area contributed by atoms with E-state index in [9.17, 15) is 4.79 Å². The van der Waals surface area contributed by atoms with Crippen LogP contribution in [-0.4, -0.2) is 13.1 Å². The second-order valence-electron chi connectivity index (χ2n) is 2.80. The molecule has 0 radical (unpaired) electrons. The van der Waals surface area contributed by atoms with Gasteiger partial charge in [0.05, 0.1) is 7.11 Å². The van der Waals surface area contributed by atoms with Gasteiger partial charge in [0.25, 0.3) is 0 Å². The topological polar surface area (TPSA) is 35.5 Å². The van der Waals surface area contributed by atoms with Crippen LogP contribution in [0.15, 0.2) is 42.5 Å². The van der Waals surface area contributed by atoms with Crippen molar-refractivity contribution >= 4 is 5.97 Å². The van der Waals surface area contributed by atoms with Crippen molar-refractivity contribution in [3.8, 4) is 0 Å². The van der Waals surface area contributed by atoms with Crippen LogP contribution < -0.4 is 0 Å². The van der Waals surface area contributed by atoms with Crippen LogP contribution in [0, 0.1) is 0 Å². The second-order valence-corrected chi connectivity index (χ2v) is 2.80. The van der Waals surface area contributed by atoms with Crippen molar-refractivity contribution < 1.29 is 14.6 Å². The fourth-order valence-electron chi connectivity index (χ4n) is 1.05. The molecule has 0 aliphatic heterocycles. The van der Waals surface area contributed by atoms with Crippen LogP contribution in [0.25, 0.3) is 0 Å². The molecule has 14 heavy (non-hydrogen) atoms. The molecule has 74 valence electrons. The minimum Gasteiger partial charge on any atom is -0.293 e. The molecule has 0 heterocycles. The Labute approximate surface area is 82.9 Å². The Hall–Kier alpha value is -1.61. The molecule has 0 saturated carbocycles. The zero-order chi connectivity index (χ0) is 10.4. The van der Waals surface area contributed by atoms with Crippen molar-refractivity contribution in [3.05, 3.63) is 48.0 Å². The molecule has 1 aromatic rings. The standard InChI is InChI=1S/C11H12O3/c1-9(11(12)14-13-2)8-10-6-4-3-5-7-10/h3-7H,1,8H2,2H3. The maximum absolute atomic E-state index is 11.1. The zero-order valence-corrected chi connectivity index (χ0v) is 8.03. The Morgan fingerprint density at radius 3 is 2.57 bits per heavy atom. The third-order valence-corrected chi connectivity index (χ3v) is 1.71. The number of hydrogen-bond donors (Lipinski definition) is 0. The Kier molecular flexibility index (Phi) is 3.88. The Morgan fingerprint density at radius 2 is 2.00 bits per heavy atom. The van der Waals surface area contributed by atoms with Crippen LogP contribution in [0.2, 0.25) is 0 Å². The van der Waals surface area contributed by atoms with Gasteiger partial charge in [-0.15, -0.1) is 0 Å². The van der Waals surface area contributed by atoms with Crippen molar-refractivity contribution in [2.75, 3.05) is 7.11 Å². The maximum Gasteiger partial charge on any atom is 0.368 e. The van der Waals surface area contributed by atoms with Gasteiger partial charge in [-0.05, 0) is 5.56 Å². The van der Waals surface area contributed by atoms with Crippen LogP contribution in [0.1, 0.15) is 5.56 Å². The minimum atomic E-state index is -0.531. The minimum absolute atomic E-state index is 0.373. The summed E-state index contributed by atoms with van der Waals surface area (Å²) in [5.74, 6) is -0.531. The van der Waals surface area contributed by atoms with E-state index < -0.39 is 5.97 Å². The Balaban J connectivity index is 2.53. The molecule has 0 amide bonds. The number of rotatable bonds is 4. The summed E-state index contributed by atoms with van der Waals surface area (Å²) in [7, 11) is 1.29. The van der Waals surface area contributed by atoms with Gasteiger partial charge in [-0.25, -0.2) is 4.79 Å². The average Bonchev–Trinajstić information content (AvgIpc) is 2.19. The van der Waals surface area contributed by atoms with Crippen LogP contribution >= 0.6 is 0 Å². The van der Waals surface area contributed by atoms with E-state index in [-0.39, 0.29) is 0 Å². The Morgan fingerprint density at radius 1 is 1.36 bits per heavy atom. The summed E-state index contributed by atoms with van der Waals surface area (Å²) < 4.78 is 0. The highest BCUT2D eigenvalue weighted by atomic mass is 17.2. The smallest absolute Gasteiger partial charge is 0.293 e. The lowest BCUT2D eigenvalue weighted by molar-refractivity contribution is -0.250. The van der Waals surface area contributed by atoms with Gasteiger partial charge in [0.1, 0.15) is 0 Å². The highest BCUT2D eigenvalue weighted by Gasteiger charge is 2.09. The molecule has 0 bridgehead atoms. The van der Waals surface area contributed by atoms with Gasteiger partial charge in [-0.2, -0.15) is 4.89 Å². The highest BCUT2D eigenvalue weighted by molar-refractivity contribution is 5.87. The molecule has 3 nitrogen and oxygen atoms in total. The third kappa shape index (κ3) is 3.03. The zero-order valence-electron chi connectivity index (χ0n) is 8.03. The molecule has 1 rings (SSSR count). The fraction of sp³-hybridized carbons (Fsp3) is 0.182. The largest absolute Gasteiger partial charge is 0.368 e. The van der Waals surface area contributed by atoms with Crippen LogP contribution in [0.5, 0.6) is 0 Å². The monoisotopic (exact) mass is 192 g/mol. The summed E-state index contributed by atoms with van der Waals surface area (Å²) in [5, 5.41) is 0. The quantitative estimate of drug-likeness (QED) is 0.415. The van der Waals surface area contributed by atoms with Gasteiger partial charge in [-0.3, -0.25) is 4.89 Å². The van der Waals surface area contributed by atoms with E-state index in [1.165, 1.54) is 7.11 Å². The van der Waals surface area contributed by atoms with Crippen LogP contribution in [0.4, 0.5) is 0 Å². The number of hydrogen-bond acceptors (Lipinski definition) is 3. The van der Waals surface area contributed by atoms with Gasteiger partial charge in [0.2, 0.25) is 0 Å². The number of benzene rings is 1. The first kappa shape index (κ1) is 10.5. The summed E-state index contributed by atoms with van der Waals surface area (Å²) in [6.07, 6.45) is 0.475. The van der Waals surface area contributed by atoms with Crippen LogP contribution in [0.3, 0.4) is 0 Å². The molecule has 0 unspecified atom stereocenters. The summed E-state index contributed by atoms with van der Waals surface area (Å²) in [6, 6.07) is 9.57. The molecule has 0 saturated heterocycles. The molecule has 0 aliphatic rings. The van der Waals surface area contributed by atoms with Crippen molar-refractivity contribution in [1.82, 2.24) is 0 Å². The van der Waals surface area contributed by atoms with E-state index in [0.717, 1.165) is 5.56 Å². The van der Waals surface area contributed by atoms with Gasteiger partial charge < -0.3 is 0 Å².